The molecule has 0 unspecified atom stereocenters. The van der Waals surface area contributed by atoms with Crippen LogP contribution in [0.5, 0.6) is 11.5 Å². The lowest BCUT2D eigenvalue weighted by Gasteiger charge is -2.17. The highest BCUT2D eigenvalue weighted by Crippen LogP contribution is 2.28. The number of allylic oxidation sites excluding steroid dienone is 2. The number of carbonyl (C=O) groups excluding carboxylic acids is 2. The van der Waals surface area contributed by atoms with Crippen molar-refractivity contribution in [3.63, 3.8) is 0 Å². The molecule has 0 bridgehead atoms. The number of halogens is 1. The van der Waals surface area contributed by atoms with E-state index in [1.165, 1.54) is 0 Å². The van der Waals surface area contributed by atoms with Crippen molar-refractivity contribution in [2.75, 3.05) is 56.4 Å². The van der Waals surface area contributed by atoms with Gasteiger partial charge in [0.2, 0.25) is 0 Å². The lowest BCUT2D eigenvalue weighted by molar-refractivity contribution is 0.103. The minimum absolute atomic E-state index is 0. The third kappa shape index (κ3) is 11.3. The number of aromatic hydroxyl groups is 2. The summed E-state index contributed by atoms with van der Waals surface area (Å²) in [5.41, 5.74) is 5.62. The SMILES string of the molecule is CN(C)Cc1cc(C(=O)C=Cc2ccc(C=CC(=O)c3cc(CN(C)C)c(O)c(CN(C)C)c3)cc2)cc(CN(C)C)c1O.Cl. The van der Waals surface area contributed by atoms with E-state index in [2.05, 4.69) is 0 Å². The summed E-state index contributed by atoms with van der Waals surface area (Å²) in [5.74, 6) is 0.165. The third-order valence-electron chi connectivity index (χ3n) is 6.84. The van der Waals surface area contributed by atoms with Gasteiger partial charge in [0, 0.05) is 59.6 Å². The van der Waals surface area contributed by atoms with Gasteiger partial charge in [-0.15, -0.1) is 12.4 Å². The average molecular weight is 635 g/mol. The lowest BCUT2D eigenvalue weighted by atomic mass is 9.99. The van der Waals surface area contributed by atoms with Crippen molar-refractivity contribution in [2.45, 2.75) is 26.2 Å². The second-order valence-corrected chi connectivity index (χ2v) is 12.3. The van der Waals surface area contributed by atoms with E-state index in [1.807, 2.05) is 100 Å². The van der Waals surface area contributed by atoms with E-state index in [4.69, 9.17) is 0 Å². The van der Waals surface area contributed by atoms with Crippen LogP contribution in [0.1, 0.15) is 54.1 Å². The molecule has 242 valence electrons. The smallest absolute Gasteiger partial charge is 0.185 e. The van der Waals surface area contributed by atoms with Crippen LogP contribution in [0.3, 0.4) is 0 Å². The molecule has 0 aliphatic rings. The minimum Gasteiger partial charge on any atom is -0.507 e. The van der Waals surface area contributed by atoms with Crippen LogP contribution in [0.25, 0.3) is 12.2 Å². The molecule has 0 saturated heterocycles. The average Bonchev–Trinajstić information content (AvgIpc) is 2.94. The van der Waals surface area contributed by atoms with Crippen LogP contribution in [-0.4, -0.2) is 97.8 Å². The van der Waals surface area contributed by atoms with E-state index >= 15 is 0 Å². The second-order valence-electron chi connectivity index (χ2n) is 12.3. The van der Waals surface area contributed by atoms with Gasteiger partial charge in [0.05, 0.1) is 0 Å². The maximum absolute atomic E-state index is 13.1. The molecule has 0 heterocycles. The number of benzene rings is 3. The van der Waals surface area contributed by atoms with Gasteiger partial charge in [-0.3, -0.25) is 9.59 Å². The van der Waals surface area contributed by atoms with Crippen LogP contribution in [0.2, 0.25) is 0 Å². The van der Waals surface area contributed by atoms with Crippen molar-refractivity contribution in [1.82, 2.24) is 19.6 Å². The lowest BCUT2D eigenvalue weighted by Crippen LogP contribution is -2.15. The van der Waals surface area contributed by atoms with Crippen molar-refractivity contribution in [3.05, 3.63) is 105 Å². The first-order valence-corrected chi connectivity index (χ1v) is 14.6. The Kier molecular flexibility index (Phi) is 14.2. The van der Waals surface area contributed by atoms with E-state index in [-0.39, 0.29) is 35.5 Å². The first-order valence-electron chi connectivity index (χ1n) is 14.6. The summed E-state index contributed by atoms with van der Waals surface area (Å²) in [5, 5.41) is 21.5. The first-order chi connectivity index (χ1) is 20.7. The molecular formula is C36H47ClN4O4. The highest BCUT2D eigenvalue weighted by molar-refractivity contribution is 6.08. The van der Waals surface area contributed by atoms with Crippen LogP contribution in [0, 0.1) is 0 Å². The van der Waals surface area contributed by atoms with E-state index in [1.54, 1.807) is 48.6 Å². The quantitative estimate of drug-likeness (QED) is 0.176. The molecule has 0 aromatic heterocycles. The molecule has 8 nitrogen and oxygen atoms in total. The highest BCUT2D eigenvalue weighted by atomic mass is 35.5. The van der Waals surface area contributed by atoms with E-state index < -0.39 is 0 Å². The standard InChI is InChI=1S/C36H46N4O4.ClH/c1-37(2)21-29-17-27(18-30(35(29)43)22-38(3)4)33(41)15-13-25-9-11-26(12-10-25)14-16-34(42)28-19-31(23-39(5)6)36(44)32(20-28)24-40(7)8;/h9-20,43-44H,21-24H2,1-8H3;1H. The van der Waals surface area contributed by atoms with Crippen LogP contribution in [0.4, 0.5) is 0 Å². The topological polar surface area (TPSA) is 87.6 Å². The van der Waals surface area contributed by atoms with Gasteiger partial charge >= 0.3 is 0 Å². The van der Waals surface area contributed by atoms with Crippen molar-refractivity contribution in [1.29, 1.82) is 0 Å². The van der Waals surface area contributed by atoms with Crippen LogP contribution in [0.15, 0.2) is 60.7 Å². The van der Waals surface area contributed by atoms with E-state index in [0.717, 1.165) is 11.1 Å². The van der Waals surface area contributed by atoms with E-state index in [9.17, 15) is 19.8 Å². The zero-order valence-corrected chi connectivity index (χ0v) is 28.5. The van der Waals surface area contributed by atoms with Gasteiger partial charge in [-0.25, -0.2) is 0 Å². The maximum Gasteiger partial charge on any atom is 0.185 e. The summed E-state index contributed by atoms with van der Waals surface area (Å²) < 4.78 is 0. The zero-order chi connectivity index (χ0) is 32.6. The number of hydrogen-bond acceptors (Lipinski definition) is 8. The van der Waals surface area contributed by atoms with Crippen molar-refractivity contribution >= 4 is 36.1 Å². The number of phenolic OH excluding ortho intramolecular Hbond substituents is 2. The molecule has 3 aromatic carbocycles. The predicted molar refractivity (Wildman–Crippen MR) is 186 cm³/mol. The molecule has 0 atom stereocenters. The van der Waals surface area contributed by atoms with Gasteiger partial charge in [-0.1, -0.05) is 36.4 Å². The summed E-state index contributed by atoms with van der Waals surface area (Å²) in [6.45, 7) is 2.09. The fourth-order valence-corrected chi connectivity index (χ4v) is 4.90. The summed E-state index contributed by atoms with van der Waals surface area (Å²) in [6, 6.07) is 14.6. The monoisotopic (exact) mass is 634 g/mol. The van der Waals surface area contributed by atoms with Gasteiger partial charge < -0.3 is 29.8 Å². The Morgan fingerprint density at radius 2 is 0.778 bits per heavy atom. The Morgan fingerprint density at radius 3 is 1.00 bits per heavy atom. The Morgan fingerprint density at radius 1 is 0.533 bits per heavy atom. The number of ketones is 2. The molecule has 0 radical (unpaired) electrons. The fraction of sp³-hybridized carbons (Fsp3) is 0.333. The van der Waals surface area contributed by atoms with Crippen molar-refractivity contribution in [3.8, 4) is 11.5 Å². The predicted octanol–water partition coefficient (Wildman–Crippen LogP) is 5.56. The second kappa shape index (κ2) is 17.1. The molecule has 0 aliphatic carbocycles. The summed E-state index contributed by atoms with van der Waals surface area (Å²) in [7, 11) is 15.4. The summed E-state index contributed by atoms with van der Waals surface area (Å²) >= 11 is 0. The van der Waals surface area contributed by atoms with Crippen molar-refractivity contribution < 1.29 is 19.8 Å². The Hall–Kier alpha value is -3.79. The molecule has 9 heteroatoms. The largest absolute Gasteiger partial charge is 0.507 e. The van der Waals surface area contributed by atoms with Gasteiger partial charge in [0.25, 0.3) is 0 Å². The molecule has 3 aromatic rings. The molecule has 45 heavy (non-hydrogen) atoms. The Labute approximate surface area is 274 Å². The molecule has 0 fully saturated rings. The Bertz CT molecular complexity index is 1350. The van der Waals surface area contributed by atoms with Crippen LogP contribution in [-0.2, 0) is 26.2 Å². The van der Waals surface area contributed by atoms with Gasteiger partial charge in [-0.05, 0) is 104 Å². The molecule has 0 saturated carbocycles. The molecule has 0 spiro atoms. The Balaban J connectivity index is 0.00000705. The third-order valence-corrected chi connectivity index (χ3v) is 6.84. The molecule has 0 amide bonds. The number of nitrogens with zero attached hydrogens (tertiary/aromatic N) is 4. The molecule has 0 aliphatic heterocycles. The fourth-order valence-electron chi connectivity index (χ4n) is 4.90. The van der Waals surface area contributed by atoms with E-state index in [0.29, 0.717) is 59.6 Å². The van der Waals surface area contributed by atoms with Crippen molar-refractivity contribution in [2.24, 2.45) is 0 Å². The normalized spacial score (nSPS) is 11.8. The van der Waals surface area contributed by atoms with Gasteiger partial charge in [0.15, 0.2) is 11.6 Å². The minimum atomic E-state index is -0.143. The van der Waals surface area contributed by atoms with Crippen LogP contribution >= 0.6 is 12.4 Å². The number of rotatable bonds is 14. The number of phenols is 2. The highest BCUT2D eigenvalue weighted by Gasteiger charge is 2.16. The molecule has 3 rings (SSSR count). The van der Waals surface area contributed by atoms with Crippen LogP contribution < -0.4 is 0 Å². The van der Waals surface area contributed by atoms with Gasteiger partial charge in [-0.2, -0.15) is 0 Å². The molecular weight excluding hydrogens is 588 g/mol. The summed E-state index contributed by atoms with van der Waals surface area (Å²) in [4.78, 5) is 34.0. The zero-order valence-electron chi connectivity index (χ0n) is 27.7. The summed E-state index contributed by atoms with van der Waals surface area (Å²) in [6.07, 6.45) is 6.61. The number of hydrogen-bond donors (Lipinski definition) is 2. The molecule has 2 N–H and O–H groups in total. The number of carbonyl (C=O) groups is 2. The first kappa shape index (κ1) is 37.4. The van der Waals surface area contributed by atoms with Gasteiger partial charge in [0.1, 0.15) is 11.5 Å². The maximum atomic E-state index is 13.1.